The van der Waals surface area contributed by atoms with Gasteiger partial charge in [0.1, 0.15) is 11.8 Å². The molecule has 0 aromatic heterocycles. The molecule has 5 unspecified atom stereocenters. The fraction of sp³-hybridized carbons (Fsp3) is 0.548. The standard InChI is InChI=1S/C31H27F13O5/c1-2-47-13-12-18-14-17(15-19(18)26(32,33)27(34,35)28(36,37)29(38,39)30(40,41)31(42,43)44)9-11-21-23-22(24(45)49-25(23)46)20(48-21)10-8-16-6-4-3-5-7-16/h3-13,17-23H,2,14-15H2,1H3/b10-8-,11-9+,13-12-/t17?,18?,19?,20?,21?,22-,23+/m0/s1. The number of benzene rings is 1. The lowest BCUT2D eigenvalue weighted by Crippen LogP contribution is -2.71. The van der Waals surface area contributed by atoms with Crippen molar-refractivity contribution in [2.24, 2.45) is 29.6 Å². The van der Waals surface area contributed by atoms with Gasteiger partial charge in [0.25, 0.3) is 0 Å². The van der Waals surface area contributed by atoms with Crippen LogP contribution in [0.15, 0.2) is 60.9 Å². The van der Waals surface area contributed by atoms with E-state index in [4.69, 9.17) is 14.2 Å². The van der Waals surface area contributed by atoms with E-state index in [1.54, 1.807) is 36.4 Å². The van der Waals surface area contributed by atoms with Crippen LogP contribution in [0.3, 0.4) is 0 Å². The van der Waals surface area contributed by atoms with Crippen molar-refractivity contribution in [2.75, 3.05) is 6.61 Å². The van der Waals surface area contributed by atoms with Crippen LogP contribution in [0.1, 0.15) is 25.3 Å². The largest absolute Gasteiger partial charge is 0.502 e. The maximum Gasteiger partial charge on any atom is 0.460 e. The molecule has 4 rings (SSSR count). The third kappa shape index (κ3) is 6.56. The second kappa shape index (κ2) is 13.3. The lowest BCUT2D eigenvalue weighted by atomic mass is 9.82. The molecule has 1 saturated carbocycles. The van der Waals surface area contributed by atoms with Crippen LogP contribution in [0.5, 0.6) is 0 Å². The van der Waals surface area contributed by atoms with Crippen LogP contribution in [0.25, 0.3) is 6.08 Å². The fourth-order valence-electron chi connectivity index (χ4n) is 6.09. The second-order valence-electron chi connectivity index (χ2n) is 11.7. The number of hydrogen-bond donors (Lipinski definition) is 0. The highest BCUT2D eigenvalue weighted by atomic mass is 19.4. The van der Waals surface area contributed by atoms with E-state index < -0.39 is 102 Å². The highest BCUT2D eigenvalue weighted by Crippen LogP contribution is 2.63. The van der Waals surface area contributed by atoms with Gasteiger partial charge in [0.2, 0.25) is 0 Å². The Morgan fingerprint density at radius 1 is 0.714 bits per heavy atom. The first-order chi connectivity index (χ1) is 22.5. The highest BCUT2D eigenvalue weighted by molar-refractivity contribution is 5.98. The van der Waals surface area contributed by atoms with Crippen LogP contribution in [0.2, 0.25) is 0 Å². The van der Waals surface area contributed by atoms with Crippen LogP contribution < -0.4 is 0 Å². The molecule has 18 heteroatoms. The number of hydrogen-bond acceptors (Lipinski definition) is 5. The Morgan fingerprint density at radius 2 is 1.27 bits per heavy atom. The number of carbonyl (C=O) groups is 2. The fourth-order valence-corrected chi connectivity index (χ4v) is 6.09. The third-order valence-electron chi connectivity index (χ3n) is 8.67. The van der Waals surface area contributed by atoms with E-state index in [0.717, 1.165) is 18.4 Å². The molecule has 5 nitrogen and oxygen atoms in total. The molecule has 0 spiro atoms. The summed E-state index contributed by atoms with van der Waals surface area (Å²) in [5.41, 5.74) is 0.686. The monoisotopic (exact) mass is 726 g/mol. The first-order valence-corrected chi connectivity index (χ1v) is 14.6. The van der Waals surface area contributed by atoms with Crippen molar-refractivity contribution >= 4 is 18.0 Å². The van der Waals surface area contributed by atoms with Gasteiger partial charge in [-0.25, -0.2) is 0 Å². The number of esters is 2. The van der Waals surface area contributed by atoms with Crippen molar-refractivity contribution in [3.8, 4) is 0 Å². The molecule has 3 aliphatic rings. The summed E-state index contributed by atoms with van der Waals surface area (Å²) < 4.78 is 196. The van der Waals surface area contributed by atoms with Crippen LogP contribution in [-0.2, 0) is 23.8 Å². The molecule has 0 N–H and O–H groups in total. The SMILES string of the molecule is CCO/C=C\C1CC(/C=C/C2OC(/C=C\c3ccccc3)[C@@H]3C(=O)OC(=O)[C@H]23)CC1C(F)(F)C(F)(F)C(F)(F)C(F)(F)C(F)(F)C(F)(F)F. The molecule has 0 amide bonds. The normalized spacial score (nSPS) is 29.1. The van der Waals surface area contributed by atoms with E-state index in [1.165, 1.54) is 13.0 Å². The van der Waals surface area contributed by atoms with Crippen molar-refractivity contribution in [2.45, 2.75) is 67.8 Å². The molecule has 0 bridgehead atoms. The molecule has 2 aliphatic heterocycles. The summed E-state index contributed by atoms with van der Waals surface area (Å²) in [6, 6.07) is 8.59. The third-order valence-corrected chi connectivity index (χ3v) is 8.67. The van der Waals surface area contributed by atoms with E-state index in [1.807, 2.05) is 0 Å². The van der Waals surface area contributed by atoms with Crippen molar-refractivity contribution < 1.29 is 80.9 Å². The summed E-state index contributed by atoms with van der Waals surface area (Å²) >= 11 is 0. The van der Waals surface area contributed by atoms with Gasteiger partial charge in [-0.2, -0.15) is 57.1 Å². The number of alkyl halides is 13. The summed E-state index contributed by atoms with van der Waals surface area (Å²) in [6.45, 7) is 1.31. The summed E-state index contributed by atoms with van der Waals surface area (Å²) in [6.07, 6.45) is -4.91. The smallest absolute Gasteiger partial charge is 0.460 e. The molecule has 49 heavy (non-hydrogen) atoms. The van der Waals surface area contributed by atoms with Gasteiger partial charge >= 0.3 is 47.7 Å². The van der Waals surface area contributed by atoms with Crippen molar-refractivity contribution in [1.82, 2.24) is 0 Å². The molecule has 3 fully saturated rings. The van der Waals surface area contributed by atoms with Crippen LogP contribution in [0.4, 0.5) is 57.1 Å². The minimum absolute atomic E-state index is 0.100. The Hall–Kier alpha value is -3.57. The number of halogens is 13. The maximum atomic E-state index is 15.3. The van der Waals surface area contributed by atoms with Gasteiger partial charge in [-0.15, -0.1) is 0 Å². The second-order valence-corrected chi connectivity index (χ2v) is 11.7. The van der Waals surface area contributed by atoms with Gasteiger partial charge in [-0.05, 0) is 43.2 Å². The van der Waals surface area contributed by atoms with Crippen molar-refractivity contribution in [1.29, 1.82) is 0 Å². The van der Waals surface area contributed by atoms with Crippen molar-refractivity contribution in [3.05, 3.63) is 66.5 Å². The zero-order valence-corrected chi connectivity index (χ0v) is 25.0. The highest BCUT2D eigenvalue weighted by Gasteiger charge is 2.91. The summed E-state index contributed by atoms with van der Waals surface area (Å²) in [5.74, 6) is -47.9. The molecule has 272 valence electrons. The molecule has 7 atom stereocenters. The number of fused-ring (bicyclic) bond motifs is 1. The van der Waals surface area contributed by atoms with Gasteiger partial charge in [-0.3, -0.25) is 9.59 Å². The maximum absolute atomic E-state index is 15.3. The number of carbonyl (C=O) groups excluding carboxylic acids is 2. The van der Waals surface area contributed by atoms with E-state index >= 15 is 8.78 Å². The van der Waals surface area contributed by atoms with E-state index in [2.05, 4.69) is 0 Å². The van der Waals surface area contributed by atoms with Gasteiger partial charge in [0.15, 0.2) is 0 Å². The molecule has 2 heterocycles. The molecular formula is C31H27F13O5. The topological polar surface area (TPSA) is 61.8 Å². The van der Waals surface area contributed by atoms with Crippen LogP contribution >= 0.6 is 0 Å². The van der Waals surface area contributed by atoms with Crippen LogP contribution in [0, 0.1) is 29.6 Å². The Balaban J connectivity index is 1.62. The first kappa shape index (κ1) is 38.2. The lowest BCUT2D eigenvalue weighted by Gasteiger charge is -2.42. The van der Waals surface area contributed by atoms with Gasteiger partial charge in [-0.1, -0.05) is 54.6 Å². The number of allylic oxidation sites excluding steroid dienone is 2. The zero-order valence-electron chi connectivity index (χ0n) is 25.0. The van der Waals surface area contributed by atoms with Gasteiger partial charge in [0.05, 0.1) is 25.1 Å². The molecule has 1 aromatic carbocycles. The van der Waals surface area contributed by atoms with Gasteiger partial charge < -0.3 is 14.2 Å². The van der Waals surface area contributed by atoms with E-state index in [0.29, 0.717) is 11.6 Å². The Bertz CT molecular complexity index is 1460. The predicted molar refractivity (Wildman–Crippen MR) is 143 cm³/mol. The van der Waals surface area contributed by atoms with E-state index in [9.17, 15) is 57.9 Å². The minimum atomic E-state index is -8.01. The van der Waals surface area contributed by atoms with E-state index in [-0.39, 0.29) is 6.61 Å². The quantitative estimate of drug-likeness (QED) is 0.0714. The molecule has 0 radical (unpaired) electrons. The average molecular weight is 727 g/mol. The summed E-state index contributed by atoms with van der Waals surface area (Å²) in [7, 11) is 0. The predicted octanol–water partition coefficient (Wildman–Crippen LogP) is 8.27. The minimum Gasteiger partial charge on any atom is -0.502 e. The van der Waals surface area contributed by atoms with Gasteiger partial charge in [0, 0.05) is 5.92 Å². The Morgan fingerprint density at radius 3 is 1.82 bits per heavy atom. The lowest BCUT2D eigenvalue weighted by molar-refractivity contribution is -0.443. The molecule has 1 aromatic rings. The molecule has 1 aliphatic carbocycles. The molecule has 2 saturated heterocycles. The zero-order chi connectivity index (χ0) is 36.8. The Kier molecular flexibility index (Phi) is 10.4. The first-order valence-electron chi connectivity index (χ1n) is 14.6. The number of rotatable bonds is 12. The average Bonchev–Trinajstić information content (AvgIpc) is 3.68. The van der Waals surface area contributed by atoms with Crippen molar-refractivity contribution in [3.63, 3.8) is 0 Å². The molecular weight excluding hydrogens is 699 g/mol. The summed E-state index contributed by atoms with van der Waals surface area (Å²) in [5, 5.41) is 0. The Labute approximate surface area is 269 Å². The summed E-state index contributed by atoms with van der Waals surface area (Å²) in [4.78, 5) is 24.8. The number of cyclic esters (lactones) is 2. The van der Waals surface area contributed by atoms with Crippen LogP contribution in [-0.4, -0.2) is 66.5 Å². The number of ether oxygens (including phenoxy) is 3.